The summed E-state index contributed by atoms with van der Waals surface area (Å²) in [5.74, 6) is -0.550. The molecule has 118 valence electrons. The first-order chi connectivity index (χ1) is 9.75. The van der Waals surface area contributed by atoms with E-state index in [1.165, 1.54) is 17.5 Å². The van der Waals surface area contributed by atoms with Crippen LogP contribution in [0.15, 0.2) is 14.7 Å². The number of ether oxygens (including phenoxy) is 2. The summed E-state index contributed by atoms with van der Waals surface area (Å²) in [4.78, 5) is 11.9. The molecule has 1 aromatic heterocycles. The van der Waals surface area contributed by atoms with Gasteiger partial charge >= 0.3 is 5.97 Å². The fourth-order valence-corrected chi connectivity index (χ4v) is 6.22. The number of esters is 1. The van der Waals surface area contributed by atoms with Crippen molar-refractivity contribution in [3.63, 3.8) is 0 Å². The summed E-state index contributed by atoms with van der Waals surface area (Å²) in [6, 6.07) is 1.35. The van der Waals surface area contributed by atoms with Gasteiger partial charge in [0.15, 0.2) is 0 Å². The molecule has 0 bridgehead atoms. The van der Waals surface area contributed by atoms with Gasteiger partial charge in [-0.15, -0.1) is 11.3 Å². The highest BCUT2D eigenvalue weighted by Crippen LogP contribution is 2.34. The first-order valence-corrected chi connectivity index (χ1v) is 9.34. The van der Waals surface area contributed by atoms with E-state index < -0.39 is 16.0 Å². The maximum atomic E-state index is 12.7. The molecule has 2 atom stereocenters. The van der Waals surface area contributed by atoms with Gasteiger partial charge in [0.1, 0.15) is 9.77 Å². The predicted molar refractivity (Wildman–Crippen MR) is 82.1 cm³/mol. The Hall–Kier alpha value is -0.480. The van der Waals surface area contributed by atoms with Gasteiger partial charge in [-0.2, -0.15) is 4.31 Å². The van der Waals surface area contributed by atoms with Crippen LogP contribution in [0.25, 0.3) is 0 Å². The predicted octanol–water partition coefficient (Wildman–Crippen LogP) is 2.10. The number of halogens is 1. The summed E-state index contributed by atoms with van der Waals surface area (Å²) >= 11 is 4.27. The molecular formula is C12H16BrNO5S2. The molecule has 0 amide bonds. The Morgan fingerprint density at radius 2 is 2.00 bits per heavy atom. The van der Waals surface area contributed by atoms with Crippen LogP contribution in [0.5, 0.6) is 0 Å². The van der Waals surface area contributed by atoms with Gasteiger partial charge < -0.3 is 9.47 Å². The highest BCUT2D eigenvalue weighted by molar-refractivity contribution is 9.11. The van der Waals surface area contributed by atoms with Crippen LogP contribution in [0.2, 0.25) is 0 Å². The summed E-state index contributed by atoms with van der Waals surface area (Å²) in [6.45, 7) is 4.26. The molecule has 1 fully saturated rings. The number of sulfonamides is 1. The number of carbonyl (C=O) groups is 1. The average molecular weight is 398 g/mol. The SMILES string of the molecule is COC(=O)c1cc(S(=O)(=O)N2C[C@H](C)O[C@@H](C)C2)c(Br)s1. The van der Waals surface area contributed by atoms with Crippen molar-refractivity contribution in [2.24, 2.45) is 0 Å². The average Bonchev–Trinajstić information content (AvgIpc) is 2.79. The molecule has 1 aliphatic rings. The first-order valence-electron chi connectivity index (χ1n) is 6.29. The van der Waals surface area contributed by atoms with E-state index in [1.807, 2.05) is 13.8 Å². The van der Waals surface area contributed by atoms with Gasteiger partial charge in [-0.25, -0.2) is 13.2 Å². The number of carbonyl (C=O) groups excluding carboxylic acids is 1. The summed E-state index contributed by atoms with van der Waals surface area (Å²) in [7, 11) is -2.41. The maximum absolute atomic E-state index is 12.7. The van der Waals surface area contributed by atoms with Gasteiger partial charge in [-0.1, -0.05) is 0 Å². The van der Waals surface area contributed by atoms with Crippen molar-refractivity contribution < 1.29 is 22.7 Å². The Balaban J connectivity index is 2.35. The third-order valence-corrected chi connectivity index (χ3v) is 7.11. The van der Waals surface area contributed by atoms with Gasteiger partial charge in [0.05, 0.1) is 23.1 Å². The molecule has 1 aromatic rings. The number of methoxy groups -OCH3 is 1. The van der Waals surface area contributed by atoms with Crippen LogP contribution in [-0.4, -0.2) is 51.1 Å². The Morgan fingerprint density at radius 3 is 2.52 bits per heavy atom. The van der Waals surface area contributed by atoms with E-state index in [2.05, 4.69) is 20.7 Å². The number of thiophene rings is 1. The molecule has 1 aliphatic heterocycles. The van der Waals surface area contributed by atoms with E-state index in [-0.39, 0.29) is 22.0 Å². The molecular weight excluding hydrogens is 382 g/mol. The maximum Gasteiger partial charge on any atom is 0.348 e. The Labute approximate surface area is 136 Å². The molecule has 2 heterocycles. The second kappa shape index (κ2) is 6.33. The molecule has 0 spiro atoms. The number of rotatable bonds is 3. The molecule has 2 rings (SSSR count). The monoisotopic (exact) mass is 397 g/mol. The minimum Gasteiger partial charge on any atom is -0.465 e. The van der Waals surface area contributed by atoms with Crippen molar-refractivity contribution >= 4 is 43.3 Å². The zero-order chi connectivity index (χ0) is 15.8. The zero-order valence-corrected chi connectivity index (χ0v) is 15.0. The lowest BCUT2D eigenvalue weighted by molar-refractivity contribution is -0.0440. The van der Waals surface area contributed by atoms with Crippen molar-refractivity contribution in [2.75, 3.05) is 20.2 Å². The number of morpholine rings is 1. The molecule has 0 saturated carbocycles. The minimum absolute atomic E-state index is 0.0919. The first kappa shape index (κ1) is 16.9. The van der Waals surface area contributed by atoms with E-state index in [0.717, 1.165) is 11.3 Å². The van der Waals surface area contributed by atoms with Crippen LogP contribution in [-0.2, 0) is 19.5 Å². The summed E-state index contributed by atoms with van der Waals surface area (Å²) < 4.78 is 37.4. The number of hydrogen-bond donors (Lipinski definition) is 0. The normalized spacial score (nSPS) is 24.0. The van der Waals surface area contributed by atoms with Crippen molar-refractivity contribution in [2.45, 2.75) is 31.0 Å². The Bertz CT molecular complexity index is 632. The summed E-state index contributed by atoms with van der Waals surface area (Å²) in [5, 5.41) is 0. The van der Waals surface area contributed by atoms with E-state index in [0.29, 0.717) is 16.9 Å². The van der Waals surface area contributed by atoms with Crippen LogP contribution in [0.1, 0.15) is 23.5 Å². The third kappa shape index (κ3) is 3.48. The van der Waals surface area contributed by atoms with Crippen LogP contribution >= 0.6 is 27.3 Å². The fourth-order valence-electron chi connectivity index (χ4n) is 2.20. The highest BCUT2D eigenvalue weighted by Gasteiger charge is 2.34. The molecule has 1 saturated heterocycles. The van der Waals surface area contributed by atoms with Crippen molar-refractivity contribution in [3.05, 3.63) is 14.7 Å². The van der Waals surface area contributed by atoms with Crippen LogP contribution in [0, 0.1) is 0 Å². The van der Waals surface area contributed by atoms with E-state index in [1.54, 1.807) is 0 Å². The van der Waals surface area contributed by atoms with Crippen LogP contribution in [0.3, 0.4) is 0 Å². The van der Waals surface area contributed by atoms with Gasteiger partial charge in [-0.3, -0.25) is 0 Å². The van der Waals surface area contributed by atoms with E-state index in [9.17, 15) is 13.2 Å². The van der Waals surface area contributed by atoms with Crippen molar-refractivity contribution in [3.8, 4) is 0 Å². The topological polar surface area (TPSA) is 72.9 Å². The molecule has 21 heavy (non-hydrogen) atoms. The van der Waals surface area contributed by atoms with Gasteiger partial charge in [0.2, 0.25) is 10.0 Å². The summed E-state index contributed by atoms with van der Waals surface area (Å²) in [6.07, 6.45) is -0.331. The van der Waals surface area contributed by atoms with E-state index in [4.69, 9.17) is 4.74 Å². The Kier molecular flexibility index (Phi) is 5.09. The standard InChI is InChI=1S/C12H16BrNO5S2/c1-7-5-14(6-8(2)19-7)21(16,17)10-4-9(12(15)18-3)20-11(10)13/h4,7-8H,5-6H2,1-3H3/t7-,8-/m0/s1. The fraction of sp³-hybridized carbons (Fsp3) is 0.583. The molecule has 0 aliphatic carbocycles. The van der Waals surface area contributed by atoms with Gasteiger partial charge in [-0.05, 0) is 35.8 Å². The minimum atomic E-state index is -3.67. The Morgan fingerprint density at radius 1 is 1.43 bits per heavy atom. The lowest BCUT2D eigenvalue weighted by Gasteiger charge is -2.34. The molecule has 0 N–H and O–H groups in total. The third-order valence-electron chi connectivity index (χ3n) is 3.05. The molecule has 6 nitrogen and oxygen atoms in total. The van der Waals surface area contributed by atoms with Crippen molar-refractivity contribution in [1.82, 2.24) is 4.31 Å². The quantitative estimate of drug-likeness (QED) is 0.730. The lowest BCUT2D eigenvalue weighted by Crippen LogP contribution is -2.48. The highest BCUT2D eigenvalue weighted by atomic mass is 79.9. The van der Waals surface area contributed by atoms with Crippen LogP contribution < -0.4 is 0 Å². The zero-order valence-electron chi connectivity index (χ0n) is 11.8. The van der Waals surface area contributed by atoms with E-state index >= 15 is 0 Å². The van der Waals surface area contributed by atoms with Gasteiger partial charge in [0.25, 0.3) is 0 Å². The molecule has 0 radical (unpaired) electrons. The lowest BCUT2D eigenvalue weighted by atomic mass is 10.3. The second-order valence-corrected chi connectivity index (χ2v) is 9.10. The molecule has 0 aromatic carbocycles. The second-order valence-electron chi connectivity index (χ2n) is 4.82. The largest absolute Gasteiger partial charge is 0.465 e. The molecule has 9 heteroatoms. The van der Waals surface area contributed by atoms with Gasteiger partial charge in [0, 0.05) is 13.1 Å². The summed E-state index contributed by atoms with van der Waals surface area (Å²) in [5.41, 5.74) is 0. The number of hydrogen-bond acceptors (Lipinski definition) is 6. The molecule has 0 unspecified atom stereocenters. The smallest absolute Gasteiger partial charge is 0.348 e. The van der Waals surface area contributed by atoms with Crippen LogP contribution in [0.4, 0.5) is 0 Å². The number of nitrogens with zero attached hydrogens (tertiary/aromatic N) is 1. The van der Waals surface area contributed by atoms with Crippen molar-refractivity contribution in [1.29, 1.82) is 0 Å².